The van der Waals surface area contributed by atoms with Gasteiger partial charge in [-0.15, -0.1) is 0 Å². The van der Waals surface area contributed by atoms with Gasteiger partial charge < -0.3 is 5.32 Å². The topological polar surface area (TPSA) is 12.0 Å². The standard InChI is InChI=1S/C18H27ClFN/c1-3-6-13-9-10-17(21-4-2)15(11-13)12-14-7-5-8-16(19)18(14)20/h5,7-8,13,15,17,21H,3-4,6,9-12H2,1-2H3. The van der Waals surface area contributed by atoms with E-state index in [1.807, 2.05) is 12.1 Å². The van der Waals surface area contributed by atoms with Crippen molar-refractivity contribution in [2.45, 2.75) is 58.4 Å². The first-order valence-electron chi connectivity index (χ1n) is 8.31. The van der Waals surface area contributed by atoms with Crippen LogP contribution in [0.4, 0.5) is 4.39 Å². The molecule has 1 aromatic carbocycles. The SMILES string of the molecule is CCCC1CCC(NCC)C(Cc2cccc(Cl)c2F)C1. The predicted octanol–water partition coefficient (Wildman–Crippen LogP) is 5.22. The third-order valence-electron chi connectivity index (χ3n) is 4.77. The highest BCUT2D eigenvalue weighted by Crippen LogP contribution is 2.35. The molecule has 0 amide bonds. The highest BCUT2D eigenvalue weighted by Gasteiger charge is 2.30. The van der Waals surface area contributed by atoms with Gasteiger partial charge in [0.2, 0.25) is 0 Å². The zero-order valence-corrected chi connectivity index (χ0v) is 13.9. The van der Waals surface area contributed by atoms with E-state index in [0.717, 1.165) is 24.4 Å². The van der Waals surface area contributed by atoms with Crippen LogP contribution in [0.3, 0.4) is 0 Å². The predicted molar refractivity (Wildman–Crippen MR) is 88.3 cm³/mol. The zero-order valence-electron chi connectivity index (χ0n) is 13.2. The molecule has 118 valence electrons. The van der Waals surface area contributed by atoms with Gasteiger partial charge in [-0.2, -0.15) is 0 Å². The van der Waals surface area contributed by atoms with Gasteiger partial charge in [0, 0.05) is 6.04 Å². The molecule has 0 radical (unpaired) electrons. The van der Waals surface area contributed by atoms with Crippen LogP contribution in [0.5, 0.6) is 0 Å². The first-order chi connectivity index (χ1) is 10.2. The van der Waals surface area contributed by atoms with Gasteiger partial charge in [-0.3, -0.25) is 0 Å². The van der Waals surface area contributed by atoms with Gasteiger partial charge >= 0.3 is 0 Å². The maximum absolute atomic E-state index is 14.2. The molecule has 1 nitrogen and oxygen atoms in total. The molecule has 3 atom stereocenters. The van der Waals surface area contributed by atoms with Crippen LogP contribution in [0.1, 0.15) is 51.5 Å². The molecular formula is C18H27ClFN. The Hall–Kier alpha value is -0.600. The van der Waals surface area contributed by atoms with Crippen molar-refractivity contribution in [2.75, 3.05) is 6.54 Å². The van der Waals surface area contributed by atoms with Crippen molar-refractivity contribution < 1.29 is 4.39 Å². The van der Waals surface area contributed by atoms with Crippen LogP contribution < -0.4 is 5.32 Å². The molecule has 0 heterocycles. The largest absolute Gasteiger partial charge is 0.314 e. The van der Waals surface area contributed by atoms with Gasteiger partial charge in [0.05, 0.1) is 5.02 Å². The molecule has 0 saturated heterocycles. The molecule has 0 spiro atoms. The van der Waals surface area contributed by atoms with Gasteiger partial charge in [0.15, 0.2) is 0 Å². The van der Waals surface area contributed by atoms with Crippen LogP contribution in [0, 0.1) is 17.7 Å². The van der Waals surface area contributed by atoms with Crippen LogP contribution in [0.15, 0.2) is 18.2 Å². The lowest BCUT2D eigenvalue weighted by atomic mass is 9.74. The molecule has 1 aliphatic rings. The molecule has 3 unspecified atom stereocenters. The summed E-state index contributed by atoms with van der Waals surface area (Å²) < 4.78 is 14.2. The summed E-state index contributed by atoms with van der Waals surface area (Å²) in [6.07, 6.45) is 7.06. The summed E-state index contributed by atoms with van der Waals surface area (Å²) in [5.74, 6) is 1.09. The fourth-order valence-electron chi connectivity index (χ4n) is 3.78. The smallest absolute Gasteiger partial charge is 0.144 e. The van der Waals surface area contributed by atoms with Gasteiger partial charge in [0.1, 0.15) is 5.82 Å². The van der Waals surface area contributed by atoms with Gasteiger partial charge in [-0.1, -0.05) is 50.4 Å². The maximum atomic E-state index is 14.2. The lowest BCUT2D eigenvalue weighted by molar-refractivity contribution is 0.194. The zero-order chi connectivity index (χ0) is 15.2. The van der Waals surface area contributed by atoms with Gasteiger partial charge in [-0.05, 0) is 55.7 Å². The molecule has 21 heavy (non-hydrogen) atoms. The number of nitrogens with one attached hydrogen (secondary N) is 1. The molecule has 3 heteroatoms. The second-order valence-corrected chi connectivity index (χ2v) is 6.72. The number of hydrogen-bond donors (Lipinski definition) is 1. The Morgan fingerprint density at radius 3 is 2.81 bits per heavy atom. The monoisotopic (exact) mass is 311 g/mol. The fourth-order valence-corrected chi connectivity index (χ4v) is 3.97. The van der Waals surface area contributed by atoms with E-state index >= 15 is 0 Å². The molecular weight excluding hydrogens is 285 g/mol. The maximum Gasteiger partial charge on any atom is 0.144 e. The average molecular weight is 312 g/mol. The molecule has 1 saturated carbocycles. The molecule has 0 aromatic heterocycles. The highest BCUT2D eigenvalue weighted by atomic mass is 35.5. The Labute approximate surface area is 133 Å². The second-order valence-electron chi connectivity index (χ2n) is 6.31. The van der Waals surface area contributed by atoms with E-state index in [1.54, 1.807) is 6.07 Å². The quantitative estimate of drug-likeness (QED) is 0.760. The number of halogens is 2. The first-order valence-corrected chi connectivity index (χ1v) is 8.69. The minimum atomic E-state index is -0.230. The van der Waals surface area contributed by atoms with Crippen LogP contribution in [0.25, 0.3) is 0 Å². The van der Waals surface area contributed by atoms with E-state index < -0.39 is 0 Å². The molecule has 1 aromatic rings. The van der Waals surface area contributed by atoms with Crippen molar-refractivity contribution in [3.8, 4) is 0 Å². The van der Waals surface area contributed by atoms with Crippen molar-refractivity contribution >= 4 is 11.6 Å². The molecule has 1 N–H and O–H groups in total. The summed E-state index contributed by atoms with van der Waals surface area (Å²) in [5, 5.41) is 3.84. The Kier molecular flexibility index (Phi) is 6.50. The van der Waals surface area contributed by atoms with Crippen LogP contribution in [-0.4, -0.2) is 12.6 Å². The molecule has 2 rings (SSSR count). The van der Waals surface area contributed by atoms with Crippen molar-refractivity contribution in [1.82, 2.24) is 5.32 Å². The van der Waals surface area contributed by atoms with Gasteiger partial charge in [-0.25, -0.2) is 4.39 Å². The summed E-state index contributed by atoms with van der Waals surface area (Å²) in [6.45, 7) is 5.38. The lowest BCUT2D eigenvalue weighted by Gasteiger charge is -2.37. The Morgan fingerprint density at radius 1 is 1.29 bits per heavy atom. The second kappa shape index (κ2) is 8.14. The Morgan fingerprint density at radius 2 is 2.10 bits per heavy atom. The summed E-state index contributed by atoms with van der Waals surface area (Å²) in [4.78, 5) is 0. The number of hydrogen-bond acceptors (Lipinski definition) is 1. The normalized spacial score (nSPS) is 26.0. The van der Waals surface area contributed by atoms with Crippen molar-refractivity contribution in [1.29, 1.82) is 0 Å². The Bertz CT molecular complexity index is 449. The van der Waals surface area contributed by atoms with E-state index in [-0.39, 0.29) is 10.8 Å². The molecule has 1 fully saturated rings. The average Bonchev–Trinajstić information content (AvgIpc) is 2.47. The fraction of sp³-hybridized carbons (Fsp3) is 0.667. The minimum absolute atomic E-state index is 0.230. The van der Waals surface area contributed by atoms with Crippen LogP contribution in [0.2, 0.25) is 5.02 Å². The molecule has 1 aliphatic carbocycles. The van der Waals surface area contributed by atoms with Crippen LogP contribution in [-0.2, 0) is 6.42 Å². The van der Waals surface area contributed by atoms with E-state index in [0.29, 0.717) is 12.0 Å². The summed E-state index contributed by atoms with van der Waals surface area (Å²) in [7, 11) is 0. The number of rotatable bonds is 6. The Balaban J connectivity index is 2.09. The van der Waals surface area contributed by atoms with Crippen LogP contribution >= 0.6 is 11.6 Å². The van der Waals surface area contributed by atoms with Crippen molar-refractivity contribution in [2.24, 2.45) is 11.8 Å². The van der Waals surface area contributed by atoms with E-state index in [2.05, 4.69) is 19.2 Å². The third-order valence-corrected chi connectivity index (χ3v) is 5.06. The van der Waals surface area contributed by atoms with Crippen molar-refractivity contribution in [3.63, 3.8) is 0 Å². The molecule has 0 bridgehead atoms. The summed E-state index contributed by atoms with van der Waals surface area (Å²) >= 11 is 5.92. The highest BCUT2D eigenvalue weighted by molar-refractivity contribution is 6.30. The minimum Gasteiger partial charge on any atom is -0.314 e. The molecule has 0 aliphatic heterocycles. The van der Waals surface area contributed by atoms with Crippen molar-refractivity contribution in [3.05, 3.63) is 34.6 Å². The summed E-state index contributed by atoms with van der Waals surface area (Å²) in [5.41, 5.74) is 0.771. The van der Waals surface area contributed by atoms with E-state index in [1.165, 1.54) is 32.1 Å². The lowest BCUT2D eigenvalue weighted by Crippen LogP contribution is -2.41. The van der Waals surface area contributed by atoms with E-state index in [9.17, 15) is 4.39 Å². The third kappa shape index (κ3) is 4.43. The first kappa shape index (κ1) is 16.8. The number of benzene rings is 1. The van der Waals surface area contributed by atoms with Gasteiger partial charge in [0.25, 0.3) is 0 Å². The van der Waals surface area contributed by atoms with E-state index in [4.69, 9.17) is 11.6 Å². The summed E-state index contributed by atoms with van der Waals surface area (Å²) in [6, 6.07) is 5.88.